The van der Waals surface area contributed by atoms with Gasteiger partial charge in [0.15, 0.2) is 0 Å². The Morgan fingerprint density at radius 2 is 2.00 bits per heavy atom. The largest absolute Gasteiger partial charge is 0.316 e. The smallest absolute Gasteiger partial charge is 0.205 e. The van der Waals surface area contributed by atoms with Crippen molar-refractivity contribution in [2.75, 3.05) is 7.05 Å². The number of nitrogens with zero attached hydrogens (tertiary/aromatic N) is 5. The fourth-order valence-electron chi connectivity index (χ4n) is 2.11. The molecular weight excluding hydrogens is 264 g/mol. The third-order valence-electron chi connectivity index (χ3n) is 3.13. The van der Waals surface area contributed by atoms with Crippen LogP contribution in [0, 0.1) is 6.92 Å². The minimum Gasteiger partial charge on any atom is -0.316 e. The number of hydrogen-bond acceptors (Lipinski definition) is 5. The molecule has 21 heavy (non-hydrogen) atoms. The van der Waals surface area contributed by atoms with Crippen molar-refractivity contribution < 1.29 is 0 Å². The average molecular weight is 280 g/mol. The van der Waals surface area contributed by atoms with E-state index in [0.29, 0.717) is 12.4 Å². The standard InChI is InChI=1S/C15H16N6/c1-11-8-14(13(9-16-2)10-17-11)21-19-15(18-20-21)12-6-4-3-5-7-12/h3-8,10,16H,9H2,1-2H3. The molecule has 2 heterocycles. The van der Waals surface area contributed by atoms with Crippen LogP contribution in [0.25, 0.3) is 17.1 Å². The fourth-order valence-corrected chi connectivity index (χ4v) is 2.11. The molecule has 0 radical (unpaired) electrons. The van der Waals surface area contributed by atoms with Crippen LogP contribution in [0.3, 0.4) is 0 Å². The quantitative estimate of drug-likeness (QED) is 0.788. The van der Waals surface area contributed by atoms with Crippen molar-refractivity contribution in [2.24, 2.45) is 0 Å². The van der Waals surface area contributed by atoms with Crippen molar-refractivity contribution in [1.29, 1.82) is 0 Å². The maximum atomic E-state index is 4.47. The predicted molar refractivity (Wildman–Crippen MR) is 79.9 cm³/mol. The summed E-state index contributed by atoms with van der Waals surface area (Å²) in [5, 5.41) is 15.9. The van der Waals surface area contributed by atoms with Gasteiger partial charge in [0.2, 0.25) is 5.82 Å². The first-order chi connectivity index (χ1) is 10.3. The van der Waals surface area contributed by atoms with Gasteiger partial charge in [-0.15, -0.1) is 15.0 Å². The van der Waals surface area contributed by atoms with E-state index >= 15 is 0 Å². The Morgan fingerprint density at radius 1 is 1.19 bits per heavy atom. The molecule has 0 aliphatic heterocycles. The van der Waals surface area contributed by atoms with Crippen molar-refractivity contribution in [3.05, 3.63) is 53.9 Å². The lowest BCUT2D eigenvalue weighted by Crippen LogP contribution is -2.11. The normalized spacial score (nSPS) is 10.8. The van der Waals surface area contributed by atoms with Crippen LogP contribution in [-0.4, -0.2) is 32.2 Å². The Bertz CT molecular complexity index is 735. The van der Waals surface area contributed by atoms with Gasteiger partial charge in [-0.2, -0.15) is 0 Å². The number of nitrogens with one attached hydrogen (secondary N) is 1. The molecule has 0 fully saturated rings. The predicted octanol–water partition coefficient (Wildman–Crippen LogP) is 1.75. The van der Waals surface area contributed by atoms with Crippen LogP contribution in [0.5, 0.6) is 0 Å². The number of hydrogen-bond donors (Lipinski definition) is 1. The Labute approximate surface area is 122 Å². The molecule has 0 aliphatic rings. The highest BCUT2D eigenvalue weighted by atomic mass is 15.6. The number of aryl methyl sites for hydroxylation is 1. The van der Waals surface area contributed by atoms with Crippen molar-refractivity contribution in [2.45, 2.75) is 13.5 Å². The zero-order valence-corrected chi connectivity index (χ0v) is 12.0. The molecule has 0 atom stereocenters. The topological polar surface area (TPSA) is 68.5 Å². The van der Waals surface area contributed by atoms with Crippen molar-refractivity contribution in [3.63, 3.8) is 0 Å². The lowest BCUT2D eigenvalue weighted by molar-refractivity contribution is 0.697. The molecule has 0 spiro atoms. The lowest BCUT2D eigenvalue weighted by Gasteiger charge is -2.07. The van der Waals surface area contributed by atoms with Gasteiger partial charge < -0.3 is 5.32 Å². The van der Waals surface area contributed by atoms with Crippen LogP contribution in [-0.2, 0) is 6.54 Å². The monoisotopic (exact) mass is 280 g/mol. The molecule has 3 aromatic rings. The third-order valence-corrected chi connectivity index (χ3v) is 3.13. The van der Waals surface area contributed by atoms with Gasteiger partial charge in [-0.05, 0) is 25.3 Å². The van der Waals surface area contributed by atoms with Gasteiger partial charge in [0.05, 0.1) is 5.69 Å². The molecule has 0 bridgehead atoms. The molecule has 0 saturated carbocycles. The van der Waals surface area contributed by atoms with Crippen LogP contribution in [0.2, 0.25) is 0 Å². The molecule has 6 heteroatoms. The molecule has 0 unspecified atom stereocenters. The van der Waals surface area contributed by atoms with E-state index < -0.39 is 0 Å². The molecule has 0 aliphatic carbocycles. The van der Waals surface area contributed by atoms with Gasteiger partial charge in [-0.1, -0.05) is 30.3 Å². The summed E-state index contributed by atoms with van der Waals surface area (Å²) >= 11 is 0. The fraction of sp³-hybridized carbons (Fsp3) is 0.200. The second kappa shape index (κ2) is 5.80. The summed E-state index contributed by atoms with van der Waals surface area (Å²) in [5.41, 5.74) is 3.79. The summed E-state index contributed by atoms with van der Waals surface area (Å²) in [7, 11) is 1.90. The molecule has 0 saturated heterocycles. The van der Waals surface area contributed by atoms with Gasteiger partial charge in [0, 0.05) is 29.6 Å². The van der Waals surface area contributed by atoms with Crippen LogP contribution < -0.4 is 5.32 Å². The van der Waals surface area contributed by atoms with Crippen LogP contribution in [0.1, 0.15) is 11.3 Å². The molecule has 2 aromatic heterocycles. The molecule has 1 aromatic carbocycles. The number of tetrazole rings is 1. The van der Waals surface area contributed by atoms with Gasteiger partial charge >= 0.3 is 0 Å². The molecular formula is C15H16N6. The summed E-state index contributed by atoms with van der Waals surface area (Å²) in [6.07, 6.45) is 1.84. The average Bonchev–Trinajstić information content (AvgIpc) is 3.00. The van der Waals surface area contributed by atoms with Gasteiger partial charge in [0.25, 0.3) is 0 Å². The lowest BCUT2D eigenvalue weighted by atomic mass is 10.2. The zero-order chi connectivity index (χ0) is 14.7. The first-order valence-corrected chi connectivity index (χ1v) is 6.74. The van der Waals surface area contributed by atoms with Crippen molar-refractivity contribution in [1.82, 2.24) is 30.5 Å². The van der Waals surface area contributed by atoms with Crippen molar-refractivity contribution in [3.8, 4) is 17.1 Å². The molecule has 1 N–H and O–H groups in total. The second-order valence-electron chi connectivity index (χ2n) is 4.75. The van der Waals surface area contributed by atoms with Crippen LogP contribution in [0.15, 0.2) is 42.6 Å². The highest BCUT2D eigenvalue weighted by Crippen LogP contribution is 2.16. The highest BCUT2D eigenvalue weighted by molar-refractivity contribution is 5.53. The Kier molecular flexibility index (Phi) is 3.70. The third kappa shape index (κ3) is 2.80. The minimum absolute atomic E-state index is 0.612. The van der Waals surface area contributed by atoms with E-state index in [2.05, 4.69) is 25.7 Å². The van der Waals surface area contributed by atoms with E-state index in [9.17, 15) is 0 Å². The maximum absolute atomic E-state index is 4.47. The first-order valence-electron chi connectivity index (χ1n) is 6.74. The zero-order valence-electron chi connectivity index (χ0n) is 12.0. The van der Waals surface area contributed by atoms with Crippen molar-refractivity contribution >= 4 is 0 Å². The maximum Gasteiger partial charge on any atom is 0.205 e. The first kappa shape index (κ1) is 13.4. The summed E-state index contributed by atoms with van der Waals surface area (Å²) in [4.78, 5) is 5.88. The Morgan fingerprint density at radius 3 is 2.76 bits per heavy atom. The number of aromatic nitrogens is 5. The molecule has 3 rings (SSSR count). The van der Waals surface area contributed by atoms with Gasteiger partial charge in [0.1, 0.15) is 0 Å². The Hall–Kier alpha value is -2.60. The summed E-state index contributed by atoms with van der Waals surface area (Å²) < 4.78 is 0. The van der Waals surface area contributed by atoms with E-state index in [-0.39, 0.29) is 0 Å². The van der Waals surface area contributed by atoms with Crippen LogP contribution in [0.4, 0.5) is 0 Å². The SMILES string of the molecule is CNCc1cnc(C)cc1-n1nnc(-c2ccccc2)n1. The second-order valence-corrected chi connectivity index (χ2v) is 4.75. The van der Waals surface area contributed by atoms with Gasteiger partial charge in [-0.25, -0.2) is 0 Å². The molecule has 6 nitrogen and oxygen atoms in total. The number of benzene rings is 1. The highest BCUT2D eigenvalue weighted by Gasteiger charge is 2.11. The summed E-state index contributed by atoms with van der Waals surface area (Å²) in [5.74, 6) is 0.612. The van der Waals surface area contributed by atoms with E-state index in [1.807, 2.05) is 56.6 Å². The summed E-state index contributed by atoms with van der Waals surface area (Å²) in [6.45, 7) is 2.65. The number of pyridine rings is 1. The van der Waals surface area contributed by atoms with Crippen LogP contribution >= 0.6 is 0 Å². The van der Waals surface area contributed by atoms with E-state index in [1.54, 1.807) is 4.80 Å². The van der Waals surface area contributed by atoms with E-state index in [0.717, 1.165) is 22.5 Å². The minimum atomic E-state index is 0.612. The molecule has 0 amide bonds. The van der Waals surface area contributed by atoms with E-state index in [4.69, 9.17) is 0 Å². The molecule has 106 valence electrons. The Balaban J connectivity index is 2.02. The van der Waals surface area contributed by atoms with Gasteiger partial charge in [-0.3, -0.25) is 4.98 Å². The number of rotatable bonds is 4. The summed E-state index contributed by atoms with van der Waals surface area (Å²) in [6, 6.07) is 11.8. The van der Waals surface area contributed by atoms with E-state index in [1.165, 1.54) is 0 Å².